The molecule has 0 aromatic heterocycles. The van der Waals surface area contributed by atoms with Crippen molar-refractivity contribution < 1.29 is 13.2 Å². The van der Waals surface area contributed by atoms with E-state index in [9.17, 15) is 13.2 Å². The van der Waals surface area contributed by atoms with Crippen LogP contribution in [0.3, 0.4) is 0 Å². The SMILES string of the molecule is Cc1ccc(NC2(CN)CCCC(C(F)(F)F)C2)cc1. The van der Waals surface area contributed by atoms with Gasteiger partial charge in [-0.05, 0) is 38.3 Å². The molecular weight excluding hydrogens is 265 g/mol. The summed E-state index contributed by atoms with van der Waals surface area (Å²) >= 11 is 0. The summed E-state index contributed by atoms with van der Waals surface area (Å²) in [5.41, 5.74) is 7.10. The minimum atomic E-state index is -4.13. The lowest BCUT2D eigenvalue weighted by Crippen LogP contribution is -2.51. The molecule has 2 nitrogen and oxygen atoms in total. The zero-order chi connectivity index (χ0) is 14.8. The van der Waals surface area contributed by atoms with E-state index in [4.69, 9.17) is 5.73 Å². The molecule has 0 amide bonds. The van der Waals surface area contributed by atoms with Gasteiger partial charge in [0.2, 0.25) is 0 Å². The Labute approximate surface area is 117 Å². The largest absolute Gasteiger partial charge is 0.391 e. The fourth-order valence-corrected chi connectivity index (χ4v) is 2.94. The van der Waals surface area contributed by atoms with Crippen LogP contribution >= 0.6 is 0 Å². The van der Waals surface area contributed by atoms with E-state index in [1.54, 1.807) is 0 Å². The third-order valence-corrected chi connectivity index (χ3v) is 4.16. The maximum Gasteiger partial charge on any atom is 0.391 e. The minimum Gasteiger partial charge on any atom is -0.378 e. The van der Waals surface area contributed by atoms with Crippen molar-refractivity contribution in [2.75, 3.05) is 11.9 Å². The fourth-order valence-electron chi connectivity index (χ4n) is 2.94. The predicted molar refractivity (Wildman–Crippen MR) is 74.6 cm³/mol. The van der Waals surface area contributed by atoms with E-state index in [2.05, 4.69) is 5.32 Å². The first-order valence-electron chi connectivity index (χ1n) is 6.96. The van der Waals surface area contributed by atoms with Crippen molar-refractivity contribution in [3.8, 4) is 0 Å². The van der Waals surface area contributed by atoms with Crippen LogP contribution in [0.2, 0.25) is 0 Å². The van der Waals surface area contributed by atoms with Gasteiger partial charge in [0.25, 0.3) is 0 Å². The summed E-state index contributed by atoms with van der Waals surface area (Å²) in [5.74, 6) is -1.25. The summed E-state index contributed by atoms with van der Waals surface area (Å²) in [5, 5.41) is 3.25. The van der Waals surface area contributed by atoms with E-state index in [0.29, 0.717) is 12.8 Å². The van der Waals surface area contributed by atoms with Crippen molar-refractivity contribution >= 4 is 5.69 Å². The summed E-state index contributed by atoms with van der Waals surface area (Å²) < 4.78 is 38.8. The molecule has 20 heavy (non-hydrogen) atoms. The molecule has 0 saturated heterocycles. The Morgan fingerprint density at radius 3 is 2.50 bits per heavy atom. The summed E-state index contributed by atoms with van der Waals surface area (Å²) in [6.45, 7) is 2.19. The van der Waals surface area contributed by atoms with E-state index in [1.807, 2.05) is 31.2 Å². The molecular formula is C15H21F3N2. The molecule has 0 bridgehead atoms. The van der Waals surface area contributed by atoms with Gasteiger partial charge in [0.05, 0.1) is 11.5 Å². The lowest BCUT2D eigenvalue weighted by molar-refractivity contribution is -0.185. The van der Waals surface area contributed by atoms with Crippen molar-refractivity contribution in [3.05, 3.63) is 29.8 Å². The Balaban J connectivity index is 2.14. The normalized spacial score (nSPS) is 27.4. The maximum atomic E-state index is 12.9. The van der Waals surface area contributed by atoms with Gasteiger partial charge in [-0.15, -0.1) is 0 Å². The Kier molecular flexibility index (Phi) is 4.28. The quantitative estimate of drug-likeness (QED) is 0.885. The number of aryl methyl sites for hydroxylation is 1. The third kappa shape index (κ3) is 3.45. The minimum absolute atomic E-state index is 0.0564. The van der Waals surface area contributed by atoms with Crippen LogP contribution in [0.4, 0.5) is 18.9 Å². The fraction of sp³-hybridized carbons (Fsp3) is 0.600. The van der Waals surface area contributed by atoms with Crippen molar-refractivity contribution in [2.24, 2.45) is 11.7 Å². The number of nitrogens with one attached hydrogen (secondary N) is 1. The highest BCUT2D eigenvalue weighted by Crippen LogP contribution is 2.42. The van der Waals surface area contributed by atoms with Crippen LogP contribution in [0, 0.1) is 12.8 Å². The molecule has 0 radical (unpaired) electrons. The molecule has 1 aliphatic rings. The molecule has 2 unspecified atom stereocenters. The Morgan fingerprint density at radius 2 is 1.95 bits per heavy atom. The first-order valence-corrected chi connectivity index (χ1v) is 6.96. The van der Waals surface area contributed by atoms with Gasteiger partial charge < -0.3 is 11.1 Å². The number of halogens is 3. The molecule has 2 atom stereocenters. The highest BCUT2D eigenvalue weighted by molar-refractivity contribution is 5.47. The van der Waals surface area contributed by atoms with Gasteiger partial charge in [-0.1, -0.05) is 24.1 Å². The Morgan fingerprint density at radius 1 is 1.30 bits per heavy atom. The highest BCUT2D eigenvalue weighted by atomic mass is 19.4. The molecule has 1 fully saturated rings. The molecule has 0 heterocycles. The van der Waals surface area contributed by atoms with Crippen molar-refractivity contribution in [1.82, 2.24) is 0 Å². The molecule has 112 valence electrons. The first kappa shape index (κ1) is 15.2. The van der Waals surface area contributed by atoms with E-state index in [1.165, 1.54) is 0 Å². The lowest BCUT2D eigenvalue weighted by Gasteiger charge is -2.42. The monoisotopic (exact) mass is 286 g/mol. The van der Waals surface area contributed by atoms with Crippen LogP contribution in [0.25, 0.3) is 0 Å². The molecule has 1 saturated carbocycles. The van der Waals surface area contributed by atoms with Gasteiger partial charge in [-0.3, -0.25) is 0 Å². The maximum absolute atomic E-state index is 12.9. The average Bonchev–Trinajstić information content (AvgIpc) is 2.41. The average molecular weight is 286 g/mol. The van der Waals surface area contributed by atoms with E-state index in [0.717, 1.165) is 11.3 Å². The van der Waals surface area contributed by atoms with Crippen molar-refractivity contribution in [2.45, 2.75) is 44.3 Å². The first-order chi connectivity index (χ1) is 9.35. The van der Waals surface area contributed by atoms with Gasteiger partial charge >= 0.3 is 6.18 Å². The van der Waals surface area contributed by atoms with Crippen LogP contribution < -0.4 is 11.1 Å². The molecule has 1 aromatic rings. The van der Waals surface area contributed by atoms with Gasteiger partial charge in [0.1, 0.15) is 0 Å². The van der Waals surface area contributed by atoms with Gasteiger partial charge in [-0.2, -0.15) is 13.2 Å². The Hall–Kier alpha value is -1.23. The lowest BCUT2D eigenvalue weighted by atomic mass is 9.75. The number of alkyl halides is 3. The second-order valence-electron chi connectivity index (χ2n) is 5.81. The summed E-state index contributed by atoms with van der Waals surface area (Å²) in [7, 11) is 0. The number of benzene rings is 1. The highest BCUT2D eigenvalue weighted by Gasteiger charge is 2.47. The standard InChI is InChI=1S/C15H21F3N2/c1-11-4-6-13(7-5-11)20-14(10-19)8-2-3-12(9-14)15(16,17)18/h4-7,12,20H,2-3,8-10,19H2,1H3. The number of hydrogen-bond donors (Lipinski definition) is 2. The summed E-state index contributed by atoms with van der Waals surface area (Å²) in [4.78, 5) is 0. The van der Waals surface area contributed by atoms with Crippen LogP contribution in [0.5, 0.6) is 0 Å². The van der Waals surface area contributed by atoms with Gasteiger partial charge in [0.15, 0.2) is 0 Å². The van der Waals surface area contributed by atoms with Crippen LogP contribution in [0.15, 0.2) is 24.3 Å². The molecule has 0 spiro atoms. The molecule has 1 aliphatic carbocycles. The summed E-state index contributed by atoms with van der Waals surface area (Å²) in [6.07, 6.45) is -2.62. The molecule has 3 N–H and O–H groups in total. The van der Waals surface area contributed by atoms with Crippen molar-refractivity contribution in [3.63, 3.8) is 0 Å². The second kappa shape index (κ2) is 5.64. The molecule has 1 aromatic carbocycles. The van der Waals surface area contributed by atoms with Gasteiger partial charge in [-0.25, -0.2) is 0 Å². The van der Waals surface area contributed by atoms with Crippen LogP contribution in [0.1, 0.15) is 31.2 Å². The summed E-state index contributed by atoms with van der Waals surface area (Å²) in [6, 6.07) is 7.67. The van der Waals surface area contributed by atoms with Crippen LogP contribution in [-0.2, 0) is 0 Å². The topological polar surface area (TPSA) is 38.0 Å². The smallest absolute Gasteiger partial charge is 0.378 e. The number of nitrogens with two attached hydrogens (primary N) is 1. The third-order valence-electron chi connectivity index (χ3n) is 4.16. The number of anilines is 1. The predicted octanol–water partition coefficient (Wildman–Crippen LogP) is 3.86. The Bertz CT molecular complexity index is 441. The molecule has 0 aliphatic heterocycles. The zero-order valence-corrected chi connectivity index (χ0v) is 11.6. The van der Waals surface area contributed by atoms with E-state index >= 15 is 0 Å². The molecule has 2 rings (SSSR count). The number of hydrogen-bond acceptors (Lipinski definition) is 2. The van der Waals surface area contributed by atoms with Crippen LogP contribution in [-0.4, -0.2) is 18.3 Å². The van der Waals surface area contributed by atoms with E-state index in [-0.39, 0.29) is 19.4 Å². The zero-order valence-electron chi connectivity index (χ0n) is 11.6. The number of rotatable bonds is 3. The van der Waals surface area contributed by atoms with E-state index < -0.39 is 17.6 Å². The van der Waals surface area contributed by atoms with Crippen molar-refractivity contribution in [1.29, 1.82) is 0 Å². The molecule has 5 heteroatoms. The second-order valence-corrected chi connectivity index (χ2v) is 5.81. The van der Waals surface area contributed by atoms with Gasteiger partial charge in [0, 0.05) is 12.2 Å².